The molecule has 0 saturated carbocycles. The maximum Gasteiger partial charge on any atom is 0.256 e. The van der Waals surface area contributed by atoms with E-state index in [0.717, 1.165) is 60.0 Å². The SMILES string of the molecule is CC1CNCCN1c1ccc(NC(=O)c2cccc(CNc3ncc(-c4ccnc(N)n4)c4c3CCO4)c2)nc1. The summed E-state index contributed by atoms with van der Waals surface area (Å²) in [4.78, 5) is 32.7. The fraction of sp³-hybridized carbons (Fsp3) is 0.276. The van der Waals surface area contributed by atoms with Crippen LogP contribution in [-0.4, -0.2) is 58.1 Å². The molecule has 1 atom stereocenters. The number of hydrogen-bond acceptors (Lipinski definition) is 10. The third kappa shape index (κ3) is 5.36. The Balaban J connectivity index is 1.12. The van der Waals surface area contributed by atoms with Crippen LogP contribution in [0.2, 0.25) is 0 Å². The number of pyridine rings is 2. The molecule has 3 aromatic heterocycles. The Labute approximate surface area is 232 Å². The van der Waals surface area contributed by atoms with Crippen molar-refractivity contribution in [1.29, 1.82) is 0 Å². The molecular formula is C29H31N9O2. The number of nitrogens with two attached hydrogens (primary N) is 1. The number of ether oxygens (including phenoxy) is 1. The van der Waals surface area contributed by atoms with Crippen LogP contribution in [0.3, 0.4) is 0 Å². The van der Waals surface area contributed by atoms with Crippen molar-refractivity contribution in [1.82, 2.24) is 25.3 Å². The molecule has 1 aromatic carbocycles. The van der Waals surface area contributed by atoms with Gasteiger partial charge in [0, 0.05) is 62.2 Å². The van der Waals surface area contributed by atoms with Crippen LogP contribution < -0.4 is 31.3 Å². The van der Waals surface area contributed by atoms with Crippen LogP contribution in [0.4, 0.5) is 23.3 Å². The van der Waals surface area contributed by atoms with E-state index in [1.165, 1.54) is 0 Å². The summed E-state index contributed by atoms with van der Waals surface area (Å²) in [6, 6.07) is 13.5. The van der Waals surface area contributed by atoms with Crippen molar-refractivity contribution < 1.29 is 9.53 Å². The number of anilines is 4. The smallest absolute Gasteiger partial charge is 0.256 e. The maximum absolute atomic E-state index is 13.0. The molecule has 1 fully saturated rings. The number of carbonyl (C=O) groups excluding carboxylic acids is 1. The molecule has 40 heavy (non-hydrogen) atoms. The van der Waals surface area contributed by atoms with Crippen molar-refractivity contribution in [2.75, 3.05) is 47.5 Å². The fourth-order valence-electron chi connectivity index (χ4n) is 5.10. The van der Waals surface area contributed by atoms with E-state index >= 15 is 0 Å². The van der Waals surface area contributed by atoms with E-state index in [4.69, 9.17) is 10.5 Å². The average Bonchev–Trinajstić information content (AvgIpc) is 3.47. The molecule has 4 aromatic rings. The van der Waals surface area contributed by atoms with E-state index < -0.39 is 0 Å². The Morgan fingerprint density at radius 3 is 2.92 bits per heavy atom. The molecule has 0 spiro atoms. The predicted molar refractivity (Wildman–Crippen MR) is 155 cm³/mol. The Kier molecular flexibility index (Phi) is 7.11. The predicted octanol–water partition coefficient (Wildman–Crippen LogP) is 3.11. The molecule has 11 nitrogen and oxygen atoms in total. The number of amides is 1. The number of carbonyl (C=O) groups is 1. The molecular weight excluding hydrogens is 506 g/mol. The Morgan fingerprint density at radius 2 is 2.10 bits per heavy atom. The zero-order valence-corrected chi connectivity index (χ0v) is 22.2. The third-order valence-corrected chi connectivity index (χ3v) is 7.15. The zero-order chi connectivity index (χ0) is 27.5. The maximum atomic E-state index is 13.0. The van der Waals surface area contributed by atoms with Crippen LogP contribution in [0, 0.1) is 0 Å². The van der Waals surface area contributed by atoms with E-state index in [0.29, 0.717) is 36.3 Å². The third-order valence-electron chi connectivity index (χ3n) is 7.15. The monoisotopic (exact) mass is 537 g/mol. The first-order valence-corrected chi connectivity index (χ1v) is 13.4. The molecule has 5 N–H and O–H groups in total. The van der Waals surface area contributed by atoms with E-state index in [1.807, 2.05) is 36.5 Å². The van der Waals surface area contributed by atoms with Crippen LogP contribution in [0.5, 0.6) is 5.75 Å². The number of nitrogen functional groups attached to an aromatic ring is 1. The molecule has 2 aliphatic heterocycles. The second kappa shape index (κ2) is 11.1. The number of rotatable bonds is 7. The normalized spacial score (nSPS) is 16.2. The van der Waals surface area contributed by atoms with Crippen molar-refractivity contribution in [2.45, 2.75) is 25.9 Å². The van der Waals surface area contributed by atoms with Gasteiger partial charge < -0.3 is 31.3 Å². The Hall–Kier alpha value is -4.77. The quantitative estimate of drug-likeness (QED) is 0.278. The topological polar surface area (TPSA) is 143 Å². The average molecular weight is 538 g/mol. The highest BCUT2D eigenvalue weighted by Crippen LogP contribution is 2.39. The molecule has 0 bridgehead atoms. The standard InChI is InChI=1S/C29H31N9O2/c1-18-14-31-10-11-38(18)21-5-6-25(33-16-21)37-28(39)20-4-2-3-19(13-20)15-34-27-22-8-12-40-26(22)23(17-35-27)24-7-9-32-29(30)36-24/h2-7,9,13,16-18,31H,8,10-12,14-15H2,1H3,(H,34,35)(H2,30,32,36)(H,33,37,39). The van der Waals surface area contributed by atoms with Crippen molar-refractivity contribution >= 4 is 29.2 Å². The van der Waals surface area contributed by atoms with Crippen molar-refractivity contribution in [3.8, 4) is 17.0 Å². The molecule has 0 radical (unpaired) electrons. The van der Waals surface area contributed by atoms with Gasteiger partial charge in [-0.1, -0.05) is 12.1 Å². The van der Waals surface area contributed by atoms with Gasteiger partial charge in [0.1, 0.15) is 17.4 Å². The summed E-state index contributed by atoms with van der Waals surface area (Å²) < 4.78 is 5.93. The van der Waals surface area contributed by atoms with Crippen molar-refractivity contribution in [2.24, 2.45) is 0 Å². The largest absolute Gasteiger partial charge is 0.492 e. The fourth-order valence-corrected chi connectivity index (χ4v) is 5.10. The first kappa shape index (κ1) is 25.5. The first-order chi connectivity index (χ1) is 19.5. The van der Waals surface area contributed by atoms with Gasteiger partial charge in [-0.25, -0.2) is 19.9 Å². The van der Waals surface area contributed by atoms with Gasteiger partial charge in [-0.2, -0.15) is 0 Å². The van der Waals surface area contributed by atoms with Gasteiger partial charge in [-0.05, 0) is 42.8 Å². The van der Waals surface area contributed by atoms with Crippen LogP contribution >= 0.6 is 0 Å². The van der Waals surface area contributed by atoms with Crippen LogP contribution in [-0.2, 0) is 13.0 Å². The summed E-state index contributed by atoms with van der Waals surface area (Å²) >= 11 is 0. The van der Waals surface area contributed by atoms with E-state index in [9.17, 15) is 4.79 Å². The molecule has 1 unspecified atom stereocenters. The number of benzene rings is 1. The summed E-state index contributed by atoms with van der Waals surface area (Å²) in [6.07, 6.45) is 5.91. The number of nitrogens with zero attached hydrogens (tertiary/aromatic N) is 5. The van der Waals surface area contributed by atoms with Crippen LogP contribution in [0.1, 0.15) is 28.4 Å². The Bertz CT molecular complexity index is 1530. The van der Waals surface area contributed by atoms with Gasteiger partial charge in [-0.3, -0.25) is 4.79 Å². The molecule has 204 valence electrons. The summed E-state index contributed by atoms with van der Waals surface area (Å²) in [5.74, 6) is 2.02. The molecule has 11 heteroatoms. The minimum absolute atomic E-state index is 0.202. The molecule has 5 heterocycles. The number of nitrogens with one attached hydrogen (secondary N) is 3. The number of aromatic nitrogens is 4. The minimum atomic E-state index is -0.210. The number of hydrogen-bond donors (Lipinski definition) is 4. The molecule has 6 rings (SSSR count). The van der Waals surface area contributed by atoms with Gasteiger partial charge in [0.05, 0.1) is 29.7 Å². The lowest BCUT2D eigenvalue weighted by Gasteiger charge is -2.35. The lowest BCUT2D eigenvalue weighted by atomic mass is 10.1. The van der Waals surface area contributed by atoms with Crippen molar-refractivity contribution in [3.05, 3.63) is 77.7 Å². The van der Waals surface area contributed by atoms with Gasteiger partial charge >= 0.3 is 0 Å². The van der Waals surface area contributed by atoms with Crippen molar-refractivity contribution in [3.63, 3.8) is 0 Å². The number of fused-ring (bicyclic) bond motifs is 1. The second-order valence-electron chi connectivity index (χ2n) is 9.88. The lowest BCUT2D eigenvalue weighted by molar-refractivity contribution is 0.102. The summed E-state index contributed by atoms with van der Waals surface area (Å²) in [5, 5.41) is 9.71. The van der Waals surface area contributed by atoms with E-state index in [-0.39, 0.29) is 11.9 Å². The first-order valence-electron chi connectivity index (χ1n) is 13.4. The van der Waals surface area contributed by atoms with Crippen LogP contribution in [0.15, 0.2) is 61.1 Å². The summed E-state index contributed by atoms with van der Waals surface area (Å²) in [5.41, 5.74) is 10.8. The minimum Gasteiger partial charge on any atom is -0.492 e. The highest BCUT2D eigenvalue weighted by atomic mass is 16.5. The van der Waals surface area contributed by atoms with Gasteiger partial charge in [0.25, 0.3) is 5.91 Å². The highest BCUT2D eigenvalue weighted by molar-refractivity contribution is 6.03. The van der Waals surface area contributed by atoms with Crippen LogP contribution in [0.25, 0.3) is 11.3 Å². The summed E-state index contributed by atoms with van der Waals surface area (Å²) in [7, 11) is 0. The molecule has 2 aliphatic rings. The molecule has 1 amide bonds. The second-order valence-corrected chi connectivity index (χ2v) is 9.88. The Morgan fingerprint density at radius 1 is 1.18 bits per heavy atom. The highest BCUT2D eigenvalue weighted by Gasteiger charge is 2.23. The summed E-state index contributed by atoms with van der Waals surface area (Å²) in [6.45, 7) is 6.08. The van der Waals surface area contributed by atoms with E-state index in [1.54, 1.807) is 24.5 Å². The van der Waals surface area contributed by atoms with Gasteiger partial charge in [0.2, 0.25) is 5.95 Å². The molecule has 1 saturated heterocycles. The lowest BCUT2D eigenvalue weighted by Crippen LogP contribution is -2.49. The van der Waals surface area contributed by atoms with Gasteiger partial charge in [-0.15, -0.1) is 0 Å². The van der Waals surface area contributed by atoms with Gasteiger partial charge in [0.15, 0.2) is 0 Å². The number of piperazine rings is 1. The van der Waals surface area contributed by atoms with E-state index in [2.05, 4.69) is 47.7 Å². The zero-order valence-electron chi connectivity index (χ0n) is 22.2. The molecule has 0 aliphatic carbocycles.